The van der Waals surface area contributed by atoms with Crippen molar-refractivity contribution in [3.05, 3.63) is 53.8 Å². The molecule has 2 heterocycles. The molecule has 1 saturated carbocycles. The molecule has 3 aliphatic rings. The number of halogens is 1. The monoisotopic (exact) mass is 597 g/mol. The molecule has 226 valence electrons. The van der Waals surface area contributed by atoms with Crippen LogP contribution in [0.3, 0.4) is 0 Å². The van der Waals surface area contributed by atoms with Crippen molar-refractivity contribution in [3.8, 4) is 5.75 Å². The van der Waals surface area contributed by atoms with E-state index in [0.717, 1.165) is 37.5 Å². The van der Waals surface area contributed by atoms with Gasteiger partial charge >= 0.3 is 6.09 Å². The van der Waals surface area contributed by atoms with Gasteiger partial charge in [0.1, 0.15) is 17.7 Å². The Hall–Kier alpha value is -3.44. The van der Waals surface area contributed by atoms with E-state index in [4.69, 9.17) is 21.7 Å². The van der Waals surface area contributed by atoms with Gasteiger partial charge in [-0.25, -0.2) is 9.18 Å². The number of amides is 2. The van der Waals surface area contributed by atoms with E-state index in [1.165, 1.54) is 16.5 Å². The average molecular weight is 598 g/mol. The Balaban J connectivity index is 1.07. The zero-order chi connectivity index (χ0) is 29.6. The Morgan fingerprint density at radius 3 is 2.45 bits per heavy atom. The molecule has 1 aliphatic carbocycles. The molecule has 2 aliphatic heterocycles. The summed E-state index contributed by atoms with van der Waals surface area (Å²) in [7, 11) is 0. The summed E-state index contributed by atoms with van der Waals surface area (Å²) in [6.45, 7) is 9.89. The fourth-order valence-corrected chi connectivity index (χ4v) is 5.61. The molecule has 11 heteroatoms. The second kappa shape index (κ2) is 13.7. The van der Waals surface area contributed by atoms with Gasteiger partial charge in [0.25, 0.3) is 5.91 Å². The molecule has 2 aromatic rings. The number of hydrogen-bond acceptors (Lipinski definition) is 7. The molecule has 2 saturated heterocycles. The number of carbonyl (C=O) groups is 2. The van der Waals surface area contributed by atoms with Crippen LogP contribution in [-0.2, 0) is 16.1 Å². The SMILES string of the molecule is CCN(CC)Cc1ccc(OCC(=O)N2CCN(c3ccc(N4CC(CNC(=S)C5CC5)OC4=O)cc3F)CC2)cc1. The van der Waals surface area contributed by atoms with Crippen LogP contribution >= 0.6 is 12.2 Å². The fourth-order valence-electron chi connectivity index (χ4n) is 5.29. The lowest BCUT2D eigenvalue weighted by atomic mass is 10.2. The normalized spacial score (nSPS) is 18.8. The first-order valence-corrected chi connectivity index (χ1v) is 15.3. The summed E-state index contributed by atoms with van der Waals surface area (Å²) < 4.78 is 26.4. The van der Waals surface area contributed by atoms with Gasteiger partial charge in [-0.15, -0.1) is 0 Å². The first-order valence-electron chi connectivity index (χ1n) is 14.9. The minimum Gasteiger partial charge on any atom is -0.484 e. The molecule has 2 aromatic carbocycles. The topological polar surface area (TPSA) is 77.6 Å². The number of carbonyl (C=O) groups excluding carboxylic acids is 2. The number of benzene rings is 2. The van der Waals surface area contributed by atoms with Crippen LogP contribution in [0.1, 0.15) is 32.3 Å². The third-order valence-corrected chi connectivity index (χ3v) is 8.61. The number of nitrogens with zero attached hydrogens (tertiary/aromatic N) is 4. The van der Waals surface area contributed by atoms with Crippen LogP contribution in [0.4, 0.5) is 20.6 Å². The van der Waals surface area contributed by atoms with Gasteiger partial charge in [-0.05, 0) is 61.8 Å². The smallest absolute Gasteiger partial charge is 0.414 e. The van der Waals surface area contributed by atoms with Crippen LogP contribution in [0.25, 0.3) is 0 Å². The highest BCUT2D eigenvalue weighted by molar-refractivity contribution is 7.80. The molecular weight excluding hydrogens is 557 g/mol. The van der Waals surface area contributed by atoms with Gasteiger partial charge in [0.05, 0.1) is 29.5 Å². The number of ether oxygens (including phenoxy) is 2. The summed E-state index contributed by atoms with van der Waals surface area (Å²) in [5, 5.41) is 3.19. The maximum atomic E-state index is 15.2. The van der Waals surface area contributed by atoms with Gasteiger partial charge in [-0.1, -0.05) is 38.2 Å². The Bertz CT molecular complexity index is 1260. The highest BCUT2D eigenvalue weighted by atomic mass is 32.1. The number of thiocarbonyl (C=S) groups is 1. The van der Waals surface area contributed by atoms with Crippen molar-refractivity contribution < 1.29 is 23.5 Å². The van der Waals surface area contributed by atoms with E-state index >= 15 is 4.39 Å². The molecule has 0 radical (unpaired) electrons. The number of anilines is 2. The summed E-state index contributed by atoms with van der Waals surface area (Å²) in [5.74, 6) is 0.615. The van der Waals surface area contributed by atoms with E-state index in [2.05, 4.69) is 24.1 Å². The van der Waals surface area contributed by atoms with Crippen molar-refractivity contribution in [2.75, 3.05) is 68.8 Å². The highest BCUT2D eigenvalue weighted by Crippen LogP contribution is 2.31. The molecule has 3 fully saturated rings. The standard InChI is InChI=1S/C31H40FN5O4S/c1-3-34(4-2)19-22-5-10-25(11-6-22)40-21-29(38)36-15-13-35(14-16-36)28-12-9-24(17-27(28)32)37-20-26(41-31(37)39)18-33-30(42)23-7-8-23/h5-6,9-12,17,23,26H,3-4,7-8,13-16,18-21H2,1-2H3,(H,33,42). The summed E-state index contributed by atoms with van der Waals surface area (Å²) in [6.07, 6.45) is 1.39. The van der Waals surface area contributed by atoms with Crippen LogP contribution in [0, 0.1) is 11.7 Å². The van der Waals surface area contributed by atoms with Crippen LogP contribution in [0.15, 0.2) is 42.5 Å². The molecule has 0 spiro atoms. The first-order chi connectivity index (χ1) is 20.3. The molecular formula is C31H40FN5O4S. The maximum Gasteiger partial charge on any atom is 0.414 e. The van der Waals surface area contributed by atoms with Crippen molar-refractivity contribution >= 4 is 40.6 Å². The highest BCUT2D eigenvalue weighted by Gasteiger charge is 2.34. The lowest BCUT2D eigenvalue weighted by Gasteiger charge is -2.36. The van der Waals surface area contributed by atoms with E-state index in [9.17, 15) is 9.59 Å². The van der Waals surface area contributed by atoms with Crippen LogP contribution in [0.2, 0.25) is 0 Å². The lowest BCUT2D eigenvalue weighted by Crippen LogP contribution is -2.50. The minimum atomic E-state index is -0.490. The van der Waals surface area contributed by atoms with Crippen molar-refractivity contribution in [2.45, 2.75) is 39.3 Å². The van der Waals surface area contributed by atoms with Gasteiger partial charge in [-0.2, -0.15) is 0 Å². The van der Waals surface area contributed by atoms with Crippen molar-refractivity contribution in [2.24, 2.45) is 5.92 Å². The Kier molecular flexibility index (Phi) is 9.79. The van der Waals surface area contributed by atoms with Crippen LogP contribution < -0.4 is 19.9 Å². The molecule has 42 heavy (non-hydrogen) atoms. The van der Waals surface area contributed by atoms with Crippen LogP contribution in [0.5, 0.6) is 5.75 Å². The number of rotatable bonds is 12. The van der Waals surface area contributed by atoms with Gasteiger partial charge in [0.15, 0.2) is 6.61 Å². The molecule has 0 aromatic heterocycles. The number of piperazine rings is 1. The second-order valence-corrected chi connectivity index (χ2v) is 11.5. The molecule has 5 rings (SSSR count). The minimum absolute atomic E-state index is 0.0345. The van der Waals surface area contributed by atoms with Gasteiger partial charge in [0, 0.05) is 38.6 Å². The molecule has 0 bridgehead atoms. The third kappa shape index (κ3) is 7.49. The second-order valence-electron chi connectivity index (χ2n) is 11.0. The third-order valence-electron chi connectivity index (χ3n) is 8.13. The first kappa shape index (κ1) is 30.0. The number of cyclic esters (lactones) is 1. The molecule has 9 nitrogen and oxygen atoms in total. The average Bonchev–Trinajstić information content (AvgIpc) is 3.80. The largest absolute Gasteiger partial charge is 0.484 e. The summed E-state index contributed by atoms with van der Waals surface area (Å²) in [4.78, 5) is 33.5. The quantitative estimate of drug-likeness (QED) is 0.368. The maximum absolute atomic E-state index is 15.2. The van der Waals surface area contributed by atoms with Crippen LogP contribution in [-0.4, -0.2) is 91.9 Å². The van der Waals surface area contributed by atoms with E-state index in [-0.39, 0.29) is 18.6 Å². The fraction of sp³-hybridized carbons (Fsp3) is 0.516. The van der Waals surface area contributed by atoms with Crippen molar-refractivity contribution in [3.63, 3.8) is 0 Å². The Labute approximate surface area is 252 Å². The number of nitrogens with one attached hydrogen (secondary N) is 1. The summed E-state index contributed by atoms with van der Waals surface area (Å²) in [5.41, 5.74) is 2.12. The Morgan fingerprint density at radius 1 is 1.10 bits per heavy atom. The predicted octanol–water partition coefficient (Wildman–Crippen LogP) is 4.05. The lowest BCUT2D eigenvalue weighted by molar-refractivity contribution is -0.133. The predicted molar refractivity (Wildman–Crippen MR) is 165 cm³/mol. The zero-order valence-electron chi connectivity index (χ0n) is 24.4. The molecule has 1 unspecified atom stereocenters. The molecule has 1 atom stereocenters. The zero-order valence-corrected chi connectivity index (χ0v) is 25.2. The Morgan fingerprint density at radius 2 is 1.81 bits per heavy atom. The van der Waals surface area contributed by atoms with E-state index < -0.39 is 11.9 Å². The summed E-state index contributed by atoms with van der Waals surface area (Å²) in [6, 6.07) is 12.7. The van der Waals surface area contributed by atoms with Crippen molar-refractivity contribution in [1.82, 2.24) is 15.1 Å². The van der Waals surface area contributed by atoms with Crippen molar-refractivity contribution in [1.29, 1.82) is 0 Å². The van der Waals surface area contributed by atoms with Gasteiger partial charge in [-0.3, -0.25) is 14.6 Å². The molecule has 1 N–H and O–H groups in total. The van der Waals surface area contributed by atoms with E-state index in [1.54, 1.807) is 17.0 Å². The van der Waals surface area contributed by atoms with E-state index in [0.29, 0.717) is 62.3 Å². The molecule has 2 amide bonds. The van der Waals surface area contributed by atoms with E-state index in [1.807, 2.05) is 29.2 Å². The number of hydrogen-bond donors (Lipinski definition) is 1. The van der Waals surface area contributed by atoms with Gasteiger partial charge < -0.3 is 24.6 Å². The summed E-state index contributed by atoms with van der Waals surface area (Å²) >= 11 is 5.35. The van der Waals surface area contributed by atoms with Gasteiger partial charge in [0.2, 0.25) is 0 Å².